The van der Waals surface area contributed by atoms with Gasteiger partial charge in [-0.1, -0.05) is 0 Å². The number of methoxy groups -OCH3 is 1. The number of fused-ring (bicyclic) bond motifs is 1. The van der Waals surface area contributed by atoms with Crippen LogP contribution in [0.4, 0.5) is 0 Å². The molecule has 26 heavy (non-hydrogen) atoms. The highest BCUT2D eigenvalue weighted by atomic mass is 16.5. The fourth-order valence-electron chi connectivity index (χ4n) is 2.88. The summed E-state index contributed by atoms with van der Waals surface area (Å²) in [6.07, 6.45) is 3.51. The number of carbonyl (C=O) groups excluding carboxylic acids is 1. The lowest BCUT2D eigenvalue weighted by Gasteiger charge is -2.11. The molecule has 0 fully saturated rings. The maximum absolute atomic E-state index is 12.0. The average Bonchev–Trinajstić information content (AvgIpc) is 3.35. The minimum absolute atomic E-state index is 0.0990. The number of ether oxygens (including phenoxy) is 2. The van der Waals surface area contributed by atoms with Crippen molar-refractivity contribution in [1.29, 1.82) is 0 Å². The Morgan fingerprint density at radius 2 is 2.19 bits per heavy atom. The van der Waals surface area contributed by atoms with Gasteiger partial charge in [-0.25, -0.2) is 0 Å². The molecule has 1 atom stereocenters. The first-order valence-electron chi connectivity index (χ1n) is 8.21. The lowest BCUT2D eigenvalue weighted by Crippen LogP contribution is -2.34. The molecule has 0 radical (unpaired) electrons. The molecule has 7 heteroatoms. The first-order chi connectivity index (χ1) is 12.7. The summed E-state index contributed by atoms with van der Waals surface area (Å²) in [5.74, 6) is 1.14. The highest BCUT2D eigenvalue weighted by Gasteiger charge is 2.24. The molecule has 1 unspecified atom stereocenters. The maximum atomic E-state index is 12.0. The fraction of sp³-hybridized carbons (Fsp3) is 0.211. The second-order valence-corrected chi connectivity index (χ2v) is 5.95. The van der Waals surface area contributed by atoms with E-state index in [9.17, 15) is 4.79 Å². The minimum atomic E-state index is -0.174. The summed E-state index contributed by atoms with van der Waals surface area (Å²) in [6.45, 7) is 0.427. The normalized spacial score (nSPS) is 15.2. The standard InChI is InChI=1S/C19H17N3O4/c1-24-18-5-3-16(21-22-18)12-2-4-17-14(8-12)9-15(26-17)10-20-19(23)13-6-7-25-11-13/h2-8,11,15H,9-10H2,1H3,(H,20,23). The summed E-state index contributed by atoms with van der Waals surface area (Å²) in [7, 11) is 1.56. The summed E-state index contributed by atoms with van der Waals surface area (Å²) >= 11 is 0. The zero-order valence-corrected chi connectivity index (χ0v) is 14.1. The molecule has 4 rings (SSSR count). The Morgan fingerprint density at radius 3 is 2.92 bits per heavy atom. The molecule has 0 aliphatic carbocycles. The number of nitrogens with zero attached hydrogens (tertiary/aromatic N) is 2. The number of hydrogen-bond acceptors (Lipinski definition) is 6. The first-order valence-corrected chi connectivity index (χ1v) is 8.21. The largest absolute Gasteiger partial charge is 0.488 e. The third-order valence-electron chi connectivity index (χ3n) is 4.22. The van der Waals surface area contributed by atoms with Crippen molar-refractivity contribution < 1.29 is 18.7 Å². The van der Waals surface area contributed by atoms with Gasteiger partial charge in [-0.3, -0.25) is 4.79 Å². The number of benzene rings is 1. The summed E-state index contributed by atoms with van der Waals surface area (Å²) < 4.78 is 15.9. The van der Waals surface area contributed by atoms with E-state index in [4.69, 9.17) is 13.9 Å². The Labute approximate surface area is 150 Å². The molecular formula is C19H17N3O4. The molecule has 3 heterocycles. The smallest absolute Gasteiger partial charge is 0.254 e. The van der Waals surface area contributed by atoms with Crippen molar-refractivity contribution >= 4 is 5.91 Å². The van der Waals surface area contributed by atoms with Gasteiger partial charge in [-0.2, -0.15) is 0 Å². The van der Waals surface area contributed by atoms with Crippen molar-refractivity contribution in [2.24, 2.45) is 0 Å². The Kier molecular flexibility index (Phi) is 4.27. The zero-order valence-electron chi connectivity index (χ0n) is 14.1. The van der Waals surface area contributed by atoms with Gasteiger partial charge in [0.25, 0.3) is 5.91 Å². The van der Waals surface area contributed by atoms with Gasteiger partial charge >= 0.3 is 0 Å². The van der Waals surface area contributed by atoms with E-state index in [0.717, 1.165) is 29.0 Å². The maximum Gasteiger partial charge on any atom is 0.254 e. The summed E-state index contributed by atoms with van der Waals surface area (Å²) in [5, 5.41) is 11.0. The molecule has 7 nitrogen and oxygen atoms in total. The van der Waals surface area contributed by atoms with E-state index in [2.05, 4.69) is 15.5 Å². The topological polar surface area (TPSA) is 86.5 Å². The Bertz CT molecular complexity index is 907. The summed E-state index contributed by atoms with van der Waals surface area (Å²) in [4.78, 5) is 12.0. The van der Waals surface area contributed by atoms with Crippen LogP contribution in [0, 0.1) is 0 Å². The van der Waals surface area contributed by atoms with Gasteiger partial charge in [0.1, 0.15) is 18.1 Å². The highest BCUT2D eigenvalue weighted by molar-refractivity contribution is 5.93. The first kappa shape index (κ1) is 16.1. The molecular weight excluding hydrogens is 334 g/mol. The number of amides is 1. The van der Waals surface area contributed by atoms with Crippen LogP contribution in [0.3, 0.4) is 0 Å². The fourth-order valence-corrected chi connectivity index (χ4v) is 2.88. The van der Waals surface area contributed by atoms with Gasteiger partial charge in [0, 0.05) is 18.1 Å². The predicted octanol–water partition coefficient (Wildman–Crippen LogP) is 2.48. The lowest BCUT2D eigenvalue weighted by atomic mass is 10.0. The van der Waals surface area contributed by atoms with Gasteiger partial charge in [0.05, 0.1) is 31.2 Å². The van der Waals surface area contributed by atoms with Gasteiger partial charge in [-0.15, -0.1) is 10.2 Å². The molecule has 1 aromatic carbocycles. The molecule has 1 N–H and O–H groups in total. The van der Waals surface area contributed by atoms with Crippen molar-refractivity contribution in [3.05, 3.63) is 60.1 Å². The number of hydrogen-bond donors (Lipinski definition) is 1. The summed E-state index contributed by atoms with van der Waals surface area (Å²) in [6, 6.07) is 11.2. The van der Waals surface area contributed by atoms with Crippen LogP contribution in [0.25, 0.3) is 11.3 Å². The lowest BCUT2D eigenvalue weighted by molar-refractivity contribution is 0.0933. The van der Waals surface area contributed by atoms with Crippen LogP contribution in [0.2, 0.25) is 0 Å². The van der Waals surface area contributed by atoms with E-state index in [1.165, 1.54) is 12.5 Å². The van der Waals surface area contributed by atoms with Crippen molar-refractivity contribution in [3.63, 3.8) is 0 Å². The molecule has 3 aromatic rings. The molecule has 132 valence electrons. The van der Waals surface area contributed by atoms with Gasteiger partial charge in [0.15, 0.2) is 0 Å². The van der Waals surface area contributed by atoms with Crippen molar-refractivity contribution in [1.82, 2.24) is 15.5 Å². The third-order valence-corrected chi connectivity index (χ3v) is 4.22. The molecule has 0 bridgehead atoms. The third kappa shape index (κ3) is 3.23. The second-order valence-electron chi connectivity index (χ2n) is 5.95. The van der Waals surface area contributed by atoms with Gasteiger partial charge < -0.3 is 19.2 Å². The van der Waals surface area contributed by atoms with Crippen LogP contribution in [0.15, 0.2) is 53.3 Å². The molecule has 2 aromatic heterocycles. The van der Waals surface area contributed by atoms with Gasteiger partial charge in [0.2, 0.25) is 5.88 Å². The monoisotopic (exact) mass is 351 g/mol. The average molecular weight is 351 g/mol. The van der Waals surface area contributed by atoms with Crippen LogP contribution in [0.1, 0.15) is 15.9 Å². The van der Waals surface area contributed by atoms with Crippen LogP contribution < -0.4 is 14.8 Å². The van der Waals surface area contributed by atoms with E-state index < -0.39 is 0 Å². The van der Waals surface area contributed by atoms with E-state index in [-0.39, 0.29) is 12.0 Å². The number of nitrogens with one attached hydrogen (secondary N) is 1. The van der Waals surface area contributed by atoms with Crippen LogP contribution in [-0.4, -0.2) is 35.9 Å². The molecule has 1 amide bonds. The van der Waals surface area contributed by atoms with Crippen LogP contribution >= 0.6 is 0 Å². The number of rotatable bonds is 5. The van der Waals surface area contributed by atoms with Crippen LogP contribution in [0.5, 0.6) is 11.6 Å². The van der Waals surface area contributed by atoms with Crippen molar-refractivity contribution in [2.75, 3.05) is 13.7 Å². The van der Waals surface area contributed by atoms with E-state index in [0.29, 0.717) is 18.0 Å². The molecule has 1 aliphatic rings. The van der Waals surface area contributed by atoms with Crippen molar-refractivity contribution in [3.8, 4) is 22.9 Å². The molecule has 1 aliphatic heterocycles. The quantitative estimate of drug-likeness (QED) is 0.760. The van der Waals surface area contributed by atoms with Gasteiger partial charge in [-0.05, 0) is 35.9 Å². The predicted molar refractivity (Wildman–Crippen MR) is 93.2 cm³/mol. The molecule has 0 saturated carbocycles. The van der Waals surface area contributed by atoms with Crippen LogP contribution in [-0.2, 0) is 6.42 Å². The number of carbonyl (C=O) groups is 1. The Balaban J connectivity index is 1.41. The molecule has 0 spiro atoms. The van der Waals surface area contributed by atoms with E-state index in [1.807, 2.05) is 24.3 Å². The Hall–Kier alpha value is -3.35. The van der Waals surface area contributed by atoms with E-state index in [1.54, 1.807) is 19.2 Å². The van der Waals surface area contributed by atoms with E-state index >= 15 is 0 Å². The van der Waals surface area contributed by atoms with Crippen molar-refractivity contribution in [2.45, 2.75) is 12.5 Å². The highest BCUT2D eigenvalue weighted by Crippen LogP contribution is 2.32. The zero-order chi connectivity index (χ0) is 17.9. The number of furan rings is 1. The number of aromatic nitrogens is 2. The summed E-state index contributed by atoms with van der Waals surface area (Å²) in [5.41, 5.74) is 3.32. The minimum Gasteiger partial charge on any atom is -0.488 e. The second kappa shape index (κ2) is 6.87. The molecule has 0 saturated heterocycles. The SMILES string of the molecule is COc1ccc(-c2ccc3c(c2)CC(CNC(=O)c2ccoc2)O3)nn1. The Morgan fingerprint density at radius 1 is 1.27 bits per heavy atom.